The van der Waals surface area contributed by atoms with Gasteiger partial charge in [0.1, 0.15) is 28.5 Å². The smallest absolute Gasteiger partial charge is 0.302 e. The molecule has 0 fully saturated rings. The van der Waals surface area contributed by atoms with E-state index in [9.17, 15) is 15.3 Å². The average molecular weight is 392 g/mol. The van der Waals surface area contributed by atoms with Gasteiger partial charge >= 0.3 is 5.88 Å². The number of pyridine rings is 1. The number of carbonyl (C=O) groups excluding carboxylic acids is 1. The fraction of sp³-hybridized carbons (Fsp3) is 0.111. The second-order valence-corrected chi connectivity index (χ2v) is 6.56. The van der Waals surface area contributed by atoms with Gasteiger partial charge in [-0.3, -0.25) is 14.6 Å². The lowest BCUT2D eigenvalue weighted by molar-refractivity contribution is -0.739. The molecule has 0 aliphatic heterocycles. The normalized spacial score (nSPS) is 10.1. The van der Waals surface area contributed by atoms with Crippen molar-refractivity contribution in [2.75, 3.05) is 16.8 Å². The molecule has 28 heavy (non-hydrogen) atoms. The fourth-order valence-corrected chi connectivity index (χ4v) is 3.28. The van der Waals surface area contributed by atoms with Crippen molar-refractivity contribution in [1.29, 1.82) is 10.5 Å². The number of benzene rings is 1. The Morgan fingerprint density at radius 1 is 1.29 bits per heavy atom. The number of thioether (sulfide) groups is 1. The molecule has 0 saturated carbocycles. The minimum Gasteiger partial charge on any atom is -0.383 e. The monoisotopic (exact) mass is 392 g/mol. The Morgan fingerprint density at radius 2 is 2.00 bits per heavy atom. The van der Waals surface area contributed by atoms with Crippen LogP contribution < -0.4 is 15.7 Å². The third-order valence-electron chi connectivity index (χ3n) is 3.65. The van der Waals surface area contributed by atoms with Crippen molar-refractivity contribution in [3.63, 3.8) is 0 Å². The molecule has 3 aromatic rings. The van der Waals surface area contributed by atoms with E-state index in [-0.39, 0.29) is 39.5 Å². The van der Waals surface area contributed by atoms with Gasteiger partial charge in [-0.25, -0.2) is 4.98 Å². The highest BCUT2D eigenvalue weighted by Crippen LogP contribution is 2.35. The summed E-state index contributed by atoms with van der Waals surface area (Å²) in [6.07, 6.45) is 1.51. The fourth-order valence-electron chi connectivity index (χ4n) is 2.48. The number of hydrogen-bond donors (Lipinski definition) is 2. The van der Waals surface area contributed by atoms with Crippen molar-refractivity contribution >= 4 is 29.4 Å². The molecular formula is C18H14N7O2S+. The maximum atomic E-state index is 12.1. The molecule has 0 radical (unpaired) electrons. The third kappa shape index (κ3) is 3.92. The molecule has 0 aliphatic rings. The molecule has 0 unspecified atom stereocenters. The van der Waals surface area contributed by atoms with Crippen LogP contribution in [0.15, 0.2) is 46.1 Å². The van der Waals surface area contributed by atoms with E-state index in [0.29, 0.717) is 11.1 Å². The highest BCUT2D eigenvalue weighted by Gasteiger charge is 2.21. The molecule has 2 heterocycles. The van der Waals surface area contributed by atoms with E-state index in [4.69, 9.17) is 10.3 Å². The number of hydrogen-bond acceptors (Lipinski definition) is 8. The number of nitrogens with one attached hydrogen (secondary N) is 1. The topological polar surface area (TPSA) is 146 Å². The first-order valence-electron chi connectivity index (χ1n) is 7.98. The SMILES string of the molecule is C[n+]1cc(NC(=O)CSc2nc(N)c(C#N)c(-c3ccccc3)c2C#N)on1. The van der Waals surface area contributed by atoms with Crippen LogP contribution in [0.25, 0.3) is 11.1 Å². The number of nitriles is 2. The summed E-state index contributed by atoms with van der Waals surface area (Å²) in [6.45, 7) is 0. The Balaban J connectivity index is 1.91. The zero-order valence-corrected chi connectivity index (χ0v) is 15.5. The predicted octanol–water partition coefficient (Wildman–Crippen LogP) is 1.62. The van der Waals surface area contributed by atoms with E-state index in [1.165, 1.54) is 10.9 Å². The molecule has 2 aromatic heterocycles. The van der Waals surface area contributed by atoms with E-state index in [2.05, 4.69) is 21.6 Å². The summed E-state index contributed by atoms with van der Waals surface area (Å²) in [4.78, 5) is 16.3. The molecule has 0 atom stereocenters. The number of aryl methyl sites for hydroxylation is 1. The van der Waals surface area contributed by atoms with Crippen LogP contribution in [0.2, 0.25) is 0 Å². The lowest BCUT2D eigenvalue weighted by Gasteiger charge is -2.12. The summed E-state index contributed by atoms with van der Waals surface area (Å²) in [7, 11) is 1.65. The van der Waals surface area contributed by atoms with Gasteiger partial charge in [-0.2, -0.15) is 10.5 Å². The summed E-state index contributed by atoms with van der Waals surface area (Å²) in [5.41, 5.74) is 7.35. The van der Waals surface area contributed by atoms with Gasteiger partial charge in [0.05, 0.1) is 11.3 Å². The van der Waals surface area contributed by atoms with Crippen molar-refractivity contribution in [2.24, 2.45) is 7.05 Å². The van der Waals surface area contributed by atoms with Crippen LogP contribution in [0.1, 0.15) is 11.1 Å². The van der Waals surface area contributed by atoms with Crippen molar-refractivity contribution in [2.45, 2.75) is 5.03 Å². The van der Waals surface area contributed by atoms with Crippen LogP contribution in [-0.4, -0.2) is 21.9 Å². The van der Waals surface area contributed by atoms with E-state index in [1.807, 2.05) is 12.1 Å². The summed E-state index contributed by atoms with van der Waals surface area (Å²) >= 11 is 1.04. The lowest BCUT2D eigenvalue weighted by atomic mass is 9.97. The van der Waals surface area contributed by atoms with Crippen molar-refractivity contribution in [3.8, 4) is 23.3 Å². The zero-order chi connectivity index (χ0) is 20.1. The van der Waals surface area contributed by atoms with Crippen LogP contribution >= 0.6 is 11.8 Å². The van der Waals surface area contributed by atoms with E-state index in [1.54, 1.807) is 31.3 Å². The van der Waals surface area contributed by atoms with Gasteiger partial charge in [-0.1, -0.05) is 46.8 Å². The van der Waals surface area contributed by atoms with Gasteiger partial charge in [0.25, 0.3) is 6.20 Å². The minimum absolute atomic E-state index is 0.00511. The largest absolute Gasteiger partial charge is 0.383 e. The van der Waals surface area contributed by atoms with E-state index in [0.717, 1.165) is 11.8 Å². The molecule has 0 saturated heterocycles. The summed E-state index contributed by atoms with van der Waals surface area (Å²) in [6, 6.07) is 13.1. The molecule has 138 valence electrons. The van der Waals surface area contributed by atoms with E-state index >= 15 is 0 Å². The number of nitrogens with two attached hydrogens (primary N) is 1. The number of aromatic nitrogens is 3. The lowest BCUT2D eigenvalue weighted by Crippen LogP contribution is -2.28. The molecule has 1 aromatic carbocycles. The maximum absolute atomic E-state index is 12.1. The van der Waals surface area contributed by atoms with Gasteiger partial charge < -0.3 is 5.73 Å². The number of nitrogens with zero attached hydrogens (tertiary/aromatic N) is 5. The van der Waals surface area contributed by atoms with Crippen LogP contribution in [0, 0.1) is 22.7 Å². The molecule has 0 spiro atoms. The van der Waals surface area contributed by atoms with Gasteiger partial charge in [0.15, 0.2) is 12.3 Å². The molecule has 3 N–H and O–H groups in total. The van der Waals surface area contributed by atoms with Crippen LogP contribution in [0.4, 0.5) is 11.7 Å². The number of nitrogen functional groups attached to an aromatic ring is 1. The highest BCUT2D eigenvalue weighted by molar-refractivity contribution is 8.00. The van der Waals surface area contributed by atoms with Crippen molar-refractivity contribution in [1.82, 2.24) is 10.3 Å². The molecule has 3 rings (SSSR count). The quantitative estimate of drug-likeness (QED) is 0.492. The molecular weight excluding hydrogens is 378 g/mol. The Bertz CT molecular complexity index is 1110. The maximum Gasteiger partial charge on any atom is 0.302 e. The minimum atomic E-state index is -0.364. The molecule has 0 bridgehead atoms. The Kier molecular flexibility index (Phi) is 5.53. The third-order valence-corrected chi connectivity index (χ3v) is 4.63. The first-order valence-corrected chi connectivity index (χ1v) is 8.96. The van der Waals surface area contributed by atoms with Gasteiger partial charge in [-0.15, -0.1) is 0 Å². The van der Waals surface area contributed by atoms with Crippen molar-refractivity contribution < 1.29 is 14.0 Å². The number of rotatable bonds is 5. The molecule has 10 heteroatoms. The van der Waals surface area contributed by atoms with Gasteiger partial charge in [0.2, 0.25) is 5.91 Å². The standard InChI is InChI=1S/C18H13N7O2S/c1-25-9-15(27-24-25)22-14(26)10-28-18-13(8-20)16(11-5-3-2-4-6-11)12(7-19)17(21)23-18/h2-6,9H,10H2,1H3,(H2-,21,22,23,24,26)/p+1. The van der Waals surface area contributed by atoms with Gasteiger partial charge in [0, 0.05) is 5.56 Å². The second-order valence-electron chi connectivity index (χ2n) is 5.59. The second kappa shape index (κ2) is 8.20. The highest BCUT2D eigenvalue weighted by atomic mass is 32.2. The Labute approximate surface area is 164 Å². The van der Waals surface area contributed by atoms with E-state index < -0.39 is 0 Å². The summed E-state index contributed by atoms with van der Waals surface area (Å²) in [5, 5.41) is 25.6. The zero-order valence-electron chi connectivity index (χ0n) is 14.7. The van der Waals surface area contributed by atoms with Crippen LogP contribution in [-0.2, 0) is 11.8 Å². The Hall–Kier alpha value is -3.89. The number of anilines is 2. The molecule has 1 amide bonds. The molecule has 9 nitrogen and oxygen atoms in total. The summed E-state index contributed by atoms with van der Waals surface area (Å²) < 4.78 is 6.31. The summed E-state index contributed by atoms with van der Waals surface area (Å²) in [5.74, 6) is -0.195. The first kappa shape index (κ1) is 18.9. The van der Waals surface area contributed by atoms with Crippen LogP contribution in [0.3, 0.4) is 0 Å². The van der Waals surface area contributed by atoms with Crippen LogP contribution in [0.5, 0.6) is 0 Å². The number of amides is 1. The van der Waals surface area contributed by atoms with Gasteiger partial charge in [-0.05, 0) is 5.56 Å². The van der Waals surface area contributed by atoms with Crippen molar-refractivity contribution in [3.05, 3.63) is 47.7 Å². The Morgan fingerprint density at radius 3 is 2.61 bits per heavy atom. The average Bonchev–Trinajstić information content (AvgIpc) is 3.10. The predicted molar refractivity (Wildman–Crippen MR) is 101 cm³/mol. The molecule has 0 aliphatic carbocycles. The number of carbonyl (C=O) groups is 1. The first-order chi connectivity index (χ1) is 13.5.